The first-order chi connectivity index (χ1) is 14.8. The Morgan fingerprint density at radius 2 is 2.03 bits per heavy atom. The first-order valence-corrected chi connectivity index (χ1v) is 9.28. The Labute approximate surface area is 178 Å². The number of hydrogen-bond acceptors (Lipinski definition) is 6. The molecular formula is C20H14ClF3N4O3. The maximum absolute atomic E-state index is 13.2. The van der Waals surface area contributed by atoms with Crippen LogP contribution in [-0.2, 0) is 22.3 Å². The number of phenolic OH excluding ortho intramolecular Hbond substituents is 1. The van der Waals surface area contributed by atoms with Crippen LogP contribution in [0.5, 0.6) is 5.75 Å². The third kappa shape index (κ3) is 4.19. The highest BCUT2D eigenvalue weighted by molar-refractivity contribution is 6.30. The fraction of sp³-hybridized carbons (Fsp3) is 0.150. The summed E-state index contributed by atoms with van der Waals surface area (Å²) in [5.41, 5.74) is -0.0970. The molecule has 1 aromatic heterocycles. The first kappa shape index (κ1) is 20.7. The molecule has 1 aliphatic rings. The van der Waals surface area contributed by atoms with Gasteiger partial charge in [-0.2, -0.15) is 13.2 Å². The van der Waals surface area contributed by atoms with Gasteiger partial charge in [-0.15, -0.1) is 5.10 Å². The zero-order valence-corrected chi connectivity index (χ0v) is 16.4. The van der Waals surface area contributed by atoms with E-state index >= 15 is 0 Å². The molecule has 0 fully saturated rings. The topological polar surface area (TPSA) is 80.0 Å². The highest BCUT2D eigenvalue weighted by Crippen LogP contribution is 2.33. The molecule has 0 bridgehead atoms. The summed E-state index contributed by atoms with van der Waals surface area (Å²) in [7, 11) is 0. The molecule has 11 heteroatoms. The third-order valence-electron chi connectivity index (χ3n) is 4.57. The predicted octanol–water partition coefficient (Wildman–Crippen LogP) is 3.97. The summed E-state index contributed by atoms with van der Waals surface area (Å²) in [5, 5.41) is 15.9. The van der Waals surface area contributed by atoms with Crippen LogP contribution < -0.4 is 0 Å². The number of carbonyl (C=O) groups excluding carboxylic acids is 1. The molecule has 4 rings (SSSR count). The van der Waals surface area contributed by atoms with Crippen LogP contribution in [0, 0.1) is 0 Å². The molecule has 160 valence electrons. The molecule has 7 nitrogen and oxygen atoms in total. The Morgan fingerprint density at radius 1 is 1.23 bits per heavy atom. The largest absolute Gasteiger partial charge is 0.508 e. The molecule has 1 aliphatic heterocycles. The van der Waals surface area contributed by atoms with Gasteiger partial charge in [0.2, 0.25) is 12.1 Å². The average Bonchev–Trinajstić information content (AvgIpc) is 3.39. The fourth-order valence-corrected chi connectivity index (χ4v) is 3.27. The van der Waals surface area contributed by atoms with Gasteiger partial charge in [0.1, 0.15) is 5.75 Å². The number of nitrogens with zero attached hydrogens (tertiary/aromatic N) is 4. The molecule has 0 aliphatic carbocycles. The molecule has 0 saturated carbocycles. The van der Waals surface area contributed by atoms with Gasteiger partial charge >= 0.3 is 6.18 Å². The Hall–Kier alpha value is -3.53. The zero-order chi connectivity index (χ0) is 22.2. The second-order valence-electron chi connectivity index (χ2n) is 6.62. The quantitative estimate of drug-likeness (QED) is 0.595. The maximum Gasteiger partial charge on any atom is 0.416 e. The molecule has 0 spiro atoms. The molecule has 0 radical (unpaired) electrons. The molecule has 1 atom stereocenters. The van der Waals surface area contributed by atoms with Crippen molar-refractivity contribution in [3.63, 3.8) is 0 Å². The summed E-state index contributed by atoms with van der Waals surface area (Å²) in [6.45, 7) is -0.0135. The van der Waals surface area contributed by atoms with Crippen molar-refractivity contribution >= 4 is 23.8 Å². The first-order valence-electron chi connectivity index (χ1n) is 8.91. The summed E-state index contributed by atoms with van der Waals surface area (Å²) in [4.78, 5) is 15.4. The second kappa shape index (κ2) is 7.95. The van der Waals surface area contributed by atoms with E-state index in [1.165, 1.54) is 52.6 Å². The van der Waals surface area contributed by atoms with Crippen molar-refractivity contribution in [1.82, 2.24) is 14.6 Å². The SMILES string of the molecule is O=CC1OC(c2ccc(C(F)(F)F)cc2-n2ccnc2)=NN1Cc1cc(Cl)ccc1O. The molecule has 31 heavy (non-hydrogen) atoms. The minimum Gasteiger partial charge on any atom is -0.508 e. The van der Waals surface area contributed by atoms with Gasteiger partial charge in [0.15, 0.2) is 6.29 Å². The maximum atomic E-state index is 13.2. The molecule has 1 unspecified atom stereocenters. The zero-order valence-electron chi connectivity index (χ0n) is 15.6. The van der Waals surface area contributed by atoms with E-state index in [1.54, 1.807) is 0 Å². The Bertz CT molecular complexity index is 1150. The van der Waals surface area contributed by atoms with E-state index in [0.29, 0.717) is 16.9 Å². The molecular weight excluding hydrogens is 437 g/mol. The van der Waals surface area contributed by atoms with Crippen LogP contribution in [0.25, 0.3) is 5.69 Å². The molecule has 2 aromatic carbocycles. The van der Waals surface area contributed by atoms with E-state index in [2.05, 4.69) is 10.1 Å². The second-order valence-corrected chi connectivity index (χ2v) is 7.06. The van der Waals surface area contributed by atoms with Gasteiger partial charge in [-0.05, 0) is 36.4 Å². The number of ether oxygens (including phenoxy) is 1. The van der Waals surface area contributed by atoms with Crippen LogP contribution >= 0.6 is 11.6 Å². The number of aldehydes is 1. The minimum absolute atomic E-state index is 0.0135. The van der Waals surface area contributed by atoms with Crippen molar-refractivity contribution in [3.05, 3.63) is 76.8 Å². The summed E-state index contributed by atoms with van der Waals surface area (Å²) in [5.74, 6) is -0.0950. The summed E-state index contributed by atoms with van der Waals surface area (Å²) in [6, 6.07) is 7.50. The lowest BCUT2D eigenvalue weighted by Gasteiger charge is -2.18. The summed E-state index contributed by atoms with van der Waals surface area (Å²) >= 11 is 5.96. The number of hydrazone groups is 1. The van der Waals surface area contributed by atoms with Crippen LogP contribution in [0.15, 0.2) is 60.2 Å². The van der Waals surface area contributed by atoms with E-state index < -0.39 is 18.0 Å². The number of imidazole rings is 1. The van der Waals surface area contributed by atoms with Crippen molar-refractivity contribution < 1.29 is 27.8 Å². The molecule has 0 saturated heterocycles. The number of hydrogen-bond donors (Lipinski definition) is 1. The van der Waals surface area contributed by atoms with E-state index in [4.69, 9.17) is 16.3 Å². The van der Waals surface area contributed by atoms with Gasteiger partial charge in [0.05, 0.1) is 29.7 Å². The highest BCUT2D eigenvalue weighted by atomic mass is 35.5. The number of aromatic hydroxyl groups is 1. The van der Waals surface area contributed by atoms with Gasteiger partial charge in [-0.3, -0.25) is 4.79 Å². The van der Waals surface area contributed by atoms with Crippen molar-refractivity contribution in [2.24, 2.45) is 5.10 Å². The van der Waals surface area contributed by atoms with E-state index in [9.17, 15) is 23.1 Å². The molecule has 3 aromatic rings. The lowest BCUT2D eigenvalue weighted by Crippen LogP contribution is -2.29. The number of halogens is 4. The van der Waals surface area contributed by atoms with Crippen molar-refractivity contribution in [2.45, 2.75) is 18.9 Å². The third-order valence-corrected chi connectivity index (χ3v) is 4.81. The number of alkyl halides is 3. The molecule has 1 N–H and O–H groups in total. The van der Waals surface area contributed by atoms with Gasteiger partial charge < -0.3 is 14.4 Å². The van der Waals surface area contributed by atoms with Crippen molar-refractivity contribution in [1.29, 1.82) is 0 Å². The van der Waals surface area contributed by atoms with Crippen molar-refractivity contribution in [2.75, 3.05) is 0 Å². The average molecular weight is 451 g/mol. The Kier molecular flexibility index (Phi) is 5.32. The minimum atomic E-state index is -4.55. The van der Waals surface area contributed by atoms with Crippen LogP contribution in [0.1, 0.15) is 16.7 Å². The van der Waals surface area contributed by atoms with E-state index in [-0.39, 0.29) is 29.4 Å². The number of benzene rings is 2. The van der Waals surface area contributed by atoms with Crippen LogP contribution in [0.3, 0.4) is 0 Å². The molecule has 0 amide bonds. The van der Waals surface area contributed by atoms with Crippen LogP contribution in [0.2, 0.25) is 5.02 Å². The van der Waals surface area contributed by atoms with Gasteiger partial charge in [-0.1, -0.05) is 11.6 Å². The highest BCUT2D eigenvalue weighted by Gasteiger charge is 2.34. The predicted molar refractivity (Wildman–Crippen MR) is 105 cm³/mol. The standard InChI is InChI=1S/C20H14ClF3N4O3/c21-14-2-4-17(30)12(7-14)9-28-18(10-29)31-19(26-28)15-3-1-13(20(22,23)24)8-16(15)27-6-5-25-11-27/h1-8,10-11,18,30H,9H2. The fourth-order valence-electron chi connectivity index (χ4n) is 3.07. The Balaban J connectivity index is 1.74. The number of rotatable bonds is 5. The number of carbonyl (C=O) groups is 1. The van der Waals surface area contributed by atoms with Crippen LogP contribution in [0.4, 0.5) is 13.2 Å². The van der Waals surface area contributed by atoms with Gasteiger partial charge in [0.25, 0.3) is 0 Å². The summed E-state index contributed by atoms with van der Waals surface area (Å²) < 4.78 is 46.7. The summed E-state index contributed by atoms with van der Waals surface area (Å²) in [6.07, 6.45) is -0.941. The lowest BCUT2D eigenvalue weighted by atomic mass is 10.1. The van der Waals surface area contributed by atoms with Crippen molar-refractivity contribution in [3.8, 4) is 11.4 Å². The smallest absolute Gasteiger partial charge is 0.416 e. The van der Waals surface area contributed by atoms with Crippen LogP contribution in [-0.4, -0.2) is 38.1 Å². The van der Waals surface area contributed by atoms with E-state index in [0.717, 1.165) is 12.1 Å². The number of aromatic nitrogens is 2. The van der Waals surface area contributed by atoms with E-state index in [1.807, 2.05) is 0 Å². The monoisotopic (exact) mass is 450 g/mol. The Morgan fingerprint density at radius 3 is 2.71 bits per heavy atom. The molecule has 2 heterocycles. The lowest BCUT2D eigenvalue weighted by molar-refractivity contribution is -0.137. The normalized spacial score (nSPS) is 16.2. The van der Waals surface area contributed by atoms with Gasteiger partial charge in [0, 0.05) is 23.0 Å². The number of phenols is 1. The van der Waals surface area contributed by atoms with Gasteiger partial charge in [-0.25, -0.2) is 9.99 Å².